The number of nitrogens with two attached hydrogens (primary N) is 1. The number of ether oxygens (including phenoxy) is 1. The van der Waals surface area contributed by atoms with Crippen molar-refractivity contribution < 1.29 is 24.5 Å². The number of rotatable bonds is 7. The lowest BCUT2D eigenvalue weighted by atomic mass is 9.95. The smallest absolute Gasteiger partial charge is 0.342 e. The number of halogens is 1. The standard InChI is InChI=1S/C16H15ClN2O6/c17-6-1-7-25-9-4-2-8(3-5-9)10-11(15(21)22)13(18)19-14(20)12(10)16(23)24/h2-5H,1,6-7H2,(H,21,22)(H,23,24)(H3,18,19,20). The van der Waals surface area contributed by atoms with Crippen molar-refractivity contribution >= 4 is 29.4 Å². The highest BCUT2D eigenvalue weighted by Crippen LogP contribution is 2.30. The summed E-state index contributed by atoms with van der Waals surface area (Å²) in [7, 11) is 0. The first-order valence-electron chi connectivity index (χ1n) is 7.18. The number of nitrogens with one attached hydrogen (secondary N) is 1. The Labute approximate surface area is 146 Å². The van der Waals surface area contributed by atoms with Crippen molar-refractivity contribution in [3.05, 3.63) is 45.7 Å². The number of alkyl halides is 1. The van der Waals surface area contributed by atoms with Crippen molar-refractivity contribution in [1.82, 2.24) is 4.98 Å². The number of aromatic carboxylic acids is 2. The van der Waals surface area contributed by atoms with Gasteiger partial charge in [-0.2, -0.15) is 0 Å². The van der Waals surface area contributed by atoms with E-state index in [2.05, 4.69) is 0 Å². The zero-order valence-corrected chi connectivity index (χ0v) is 13.7. The minimum Gasteiger partial charge on any atom is -0.494 e. The number of carbonyl (C=O) groups is 2. The number of carboxylic acid groups (broad SMARTS) is 2. The number of benzene rings is 1. The van der Waals surface area contributed by atoms with E-state index in [9.17, 15) is 24.6 Å². The van der Waals surface area contributed by atoms with Crippen LogP contribution >= 0.6 is 11.6 Å². The summed E-state index contributed by atoms with van der Waals surface area (Å²) < 4.78 is 5.43. The number of carboxylic acids is 2. The quantitative estimate of drug-likeness (QED) is 0.433. The minimum absolute atomic E-state index is 0.220. The third-order valence-corrected chi connectivity index (χ3v) is 3.63. The summed E-state index contributed by atoms with van der Waals surface area (Å²) in [6.07, 6.45) is 0.653. The molecule has 2 rings (SSSR count). The van der Waals surface area contributed by atoms with Gasteiger partial charge in [0.1, 0.15) is 22.7 Å². The lowest BCUT2D eigenvalue weighted by Gasteiger charge is -2.12. The van der Waals surface area contributed by atoms with Crippen molar-refractivity contribution in [2.24, 2.45) is 0 Å². The summed E-state index contributed by atoms with van der Waals surface area (Å²) in [5, 5.41) is 18.7. The van der Waals surface area contributed by atoms with Crippen LogP contribution in [0.15, 0.2) is 29.1 Å². The monoisotopic (exact) mass is 366 g/mol. The van der Waals surface area contributed by atoms with E-state index in [0.717, 1.165) is 0 Å². The molecule has 0 radical (unpaired) electrons. The number of aromatic nitrogens is 1. The molecule has 0 spiro atoms. The Kier molecular flexibility index (Phi) is 5.66. The summed E-state index contributed by atoms with van der Waals surface area (Å²) in [5.41, 5.74) is 3.39. The van der Waals surface area contributed by atoms with Gasteiger partial charge in [-0.3, -0.25) is 4.79 Å². The molecule has 0 saturated carbocycles. The molecule has 0 saturated heterocycles. The normalized spacial score (nSPS) is 10.4. The molecule has 132 valence electrons. The summed E-state index contributed by atoms with van der Waals surface area (Å²) in [4.78, 5) is 37.0. The highest BCUT2D eigenvalue weighted by Gasteiger charge is 2.26. The van der Waals surface area contributed by atoms with Gasteiger partial charge in [-0.1, -0.05) is 12.1 Å². The van der Waals surface area contributed by atoms with E-state index in [1.54, 1.807) is 0 Å². The second-order valence-corrected chi connectivity index (χ2v) is 5.40. The maximum absolute atomic E-state index is 11.9. The van der Waals surface area contributed by atoms with Crippen LogP contribution in [-0.4, -0.2) is 39.6 Å². The Bertz CT molecular complexity index is 860. The zero-order valence-electron chi connectivity index (χ0n) is 12.9. The van der Waals surface area contributed by atoms with Crippen LogP contribution in [0.4, 0.5) is 5.82 Å². The Morgan fingerprint density at radius 2 is 1.72 bits per heavy atom. The maximum atomic E-state index is 11.9. The van der Waals surface area contributed by atoms with E-state index < -0.39 is 34.4 Å². The fraction of sp³-hybridized carbons (Fsp3) is 0.188. The van der Waals surface area contributed by atoms with Crippen LogP contribution in [0.2, 0.25) is 0 Å². The molecule has 1 heterocycles. The van der Waals surface area contributed by atoms with Crippen LogP contribution < -0.4 is 16.0 Å². The van der Waals surface area contributed by atoms with Crippen molar-refractivity contribution in [1.29, 1.82) is 0 Å². The van der Waals surface area contributed by atoms with Gasteiger partial charge in [0.25, 0.3) is 5.56 Å². The van der Waals surface area contributed by atoms with Gasteiger partial charge in [0.15, 0.2) is 0 Å². The fourth-order valence-corrected chi connectivity index (χ4v) is 2.41. The van der Waals surface area contributed by atoms with Gasteiger partial charge < -0.3 is 25.7 Å². The predicted molar refractivity (Wildman–Crippen MR) is 91.7 cm³/mol. The highest BCUT2D eigenvalue weighted by molar-refractivity contribution is 6.17. The molecule has 0 aliphatic heterocycles. The predicted octanol–water partition coefficient (Wildman–Crippen LogP) is 2.03. The van der Waals surface area contributed by atoms with Gasteiger partial charge in [-0.15, -0.1) is 11.6 Å². The van der Waals surface area contributed by atoms with Crippen molar-refractivity contribution in [3.63, 3.8) is 0 Å². The van der Waals surface area contributed by atoms with Crippen LogP contribution in [0, 0.1) is 0 Å². The Balaban J connectivity index is 2.59. The molecular weight excluding hydrogens is 352 g/mol. The fourth-order valence-electron chi connectivity index (χ4n) is 2.30. The Morgan fingerprint density at radius 1 is 1.12 bits per heavy atom. The van der Waals surface area contributed by atoms with Gasteiger partial charge in [0.05, 0.1) is 6.61 Å². The van der Waals surface area contributed by atoms with Crippen molar-refractivity contribution in [3.8, 4) is 16.9 Å². The minimum atomic E-state index is -1.55. The molecule has 2 aromatic rings. The lowest BCUT2D eigenvalue weighted by Crippen LogP contribution is -2.24. The summed E-state index contributed by atoms with van der Waals surface area (Å²) >= 11 is 5.56. The zero-order chi connectivity index (χ0) is 18.6. The molecule has 0 bridgehead atoms. The highest BCUT2D eigenvalue weighted by atomic mass is 35.5. The average molecular weight is 367 g/mol. The number of anilines is 1. The average Bonchev–Trinajstić information content (AvgIpc) is 2.54. The molecule has 0 amide bonds. The largest absolute Gasteiger partial charge is 0.494 e. The van der Waals surface area contributed by atoms with Crippen LogP contribution in [0.1, 0.15) is 27.1 Å². The molecule has 0 fully saturated rings. The van der Waals surface area contributed by atoms with Crippen LogP contribution in [0.3, 0.4) is 0 Å². The SMILES string of the molecule is Nc1[nH]c(=O)c(C(=O)O)c(-c2ccc(OCCCCl)cc2)c1C(=O)O. The van der Waals surface area contributed by atoms with E-state index >= 15 is 0 Å². The topological polar surface area (TPSA) is 143 Å². The Morgan fingerprint density at radius 3 is 2.24 bits per heavy atom. The molecule has 25 heavy (non-hydrogen) atoms. The summed E-state index contributed by atoms with van der Waals surface area (Å²) in [5.74, 6) is -2.47. The number of pyridine rings is 1. The molecule has 1 aromatic carbocycles. The van der Waals surface area contributed by atoms with Gasteiger partial charge in [0, 0.05) is 11.4 Å². The van der Waals surface area contributed by atoms with E-state index in [-0.39, 0.29) is 11.1 Å². The molecule has 0 atom stereocenters. The summed E-state index contributed by atoms with van der Waals surface area (Å²) in [6, 6.07) is 6.00. The Hall–Kier alpha value is -3.00. The van der Waals surface area contributed by atoms with Gasteiger partial charge in [-0.05, 0) is 24.1 Å². The summed E-state index contributed by atoms with van der Waals surface area (Å²) in [6.45, 7) is 0.404. The van der Waals surface area contributed by atoms with E-state index in [1.165, 1.54) is 24.3 Å². The van der Waals surface area contributed by atoms with Gasteiger partial charge in [0.2, 0.25) is 0 Å². The molecule has 1 aromatic heterocycles. The first-order chi connectivity index (χ1) is 11.9. The number of nitrogen functional groups attached to an aromatic ring is 1. The molecule has 0 aliphatic rings. The molecule has 0 unspecified atom stereocenters. The molecule has 8 nitrogen and oxygen atoms in total. The lowest BCUT2D eigenvalue weighted by molar-refractivity contribution is 0.0695. The van der Waals surface area contributed by atoms with Crippen LogP contribution in [0.5, 0.6) is 5.75 Å². The molecular formula is C16H15ClN2O6. The van der Waals surface area contributed by atoms with Crippen LogP contribution in [0.25, 0.3) is 11.1 Å². The van der Waals surface area contributed by atoms with E-state index in [0.29, 0.717) is 24.7 Å². The second kappa shape index (κ2) is 7.71. The van der Waals surface area contributed by atoms with Crippen molar-refractivity contribution in [2.75, 3.05) is 18.2 Å². The number of hydrogen-bond donors (Lipinski definition) is 4. The van der Waals surface area contributed by atoms with E-state index in [1.807, 2.05) is 4.98 Å². The van der Waals surface area contributed by atoms with Crippen molar-refractivity contribution in [2.45, 2.75) is 6.42 Å². The maximum Gasteiger partial charge on any atom is 0.342 e. The first kappa shape index (κ1) is 18.3. The number of hydrogen-bond acceptors (Lipinski definition) is 5. The molecule has 9 heteroatoms. The third-order valence-electron chi connectivity index (χ3n) is 3.36. The van der Waals surface area contributed by atoms with Gasteiger partial charge in [-0.25, -0.2) is 9.59 Å². The second-order valence-electron chi connectivity index (χ2n) is 5.02. The van der Waals surface area contributed by atoms with Crippen LogP contribution in [-0.2, 0) is 0 Å². The number of aromatic amines is 1. The van der Waals surface area contributed by atoms with Gasteiger partial charge >= 0.3 is 11.9 Å². The van der Waals surface area contributed by atoms with E-state index in [4.69, 9.17) is 22.1 Å². The molecule has 5 N–H and O–H groups in total. The molecule has 0 aliphatic carbocycles. The number of H-pyrrole nitrogens is 1. The third kappa shape index (κ3) is 3.92. The first-order valence-corrected chi connectivity index (χ1v) is 7.71.